The van der Waals surface area contributed by atoms with Gasteiger partial charge in [-0.05, 0) is 6.07 Å². The van der Waals surface area contributed by atoms with Crippen LogP contribution in [0, 0.1) is 10.1 Å². The molecular weight excluding hydrogens is 250 g/mol. The summed E-state index contributed by atoms with van der Waals surface area (Å²) in [5.74, 6) is -0.960. The van der Waals surface area contributed by atoms with Crippen molar-refractivity contribution in [3.05, 3.63) is 51.8 Å². The number of para-hydroxylation sites is 1. The summed E-state index contributed by atoms with van der Waals surface area (Å²) in [6, 6.07) is 7.46. The van der Waals surface area contributed by atoms with Crippen molar-refractivity contribution in [3.8, 4) is 0 Å². The molecule has 6 heteroatoms. The molecule has 98 valence electrons. The standard InChI is InChI=1S/C13H12N2O4/c1-14-8-9(10-5-3-4-6-11(10)14)7-12(15(17)18)13(16)19-2/h3-8H,1-2H3/b12-7+/i12+1,13+1. The number of carbonyl (C=O) groups is 1. The molecule has 0 saturated heterocycles. The van der Waals surface area contributed by atoms with Gasteiger partial charge in [-0.2, -0.15) is 0 Å². The summed E-state index contributed by atoms with van der Waals surface area (Å²) in [4.78, 5) is 21.5. The van der Waals surface area contributed by atoms with Gasteiger partial charge in [-0.15, -0.1) is 0 Å². The van der Waals surface area contributed by atoms with Gasteiger partial charge in [0.2, 0.25) is 0 Å². The molecule has 0 unspecified atom stereocenters. The molecule has 0 saturated carbocycles. The Morgan fingerprint density at radius 2 is 2.11 bits per heavy atom. The van der Waals surface area contributed by atoms with E-state index in [2.05, 4.69) is 4.74 Å². The van der Waals surface area contributed by atoms with Gasteiger partial charge in [0.05, 0.1) is 12.0 Å². The summed E-state index contributed by atoms with van der Waals surface area (Å²) in [6.45, 7) is 0. The highest BCUT2D eigenvalue weighted by molar-refractivity contribution is 5.96. The third-order valence-corrected chi connectivity index (χ3v) is 2.81. The molecular formula is C13H12N2O4. The zero-order chi connectivity index (χ0) is 14.0. The Morgan fingerprint density at radius 1 is 1.42 bits per heavy atom. The van der Waals surface area contributed by atoms with Gasteiger partial charge in [0, 0.05) is 35.8 Å². The van der Waals surface area contributed by atoms with Crippen LogP contribution in [0.3, 0.4) is 0 Å². The number of carbonyl (C=O) groups excluding carboxylic acids is 1. The number of hydrogen-bond acceptors (Lipinski definition) is 4. The second kappa shape index (κ2) is 4.93. The first-order valence-corrected chi connectivity index (χ1v) is 5.53. The molecule has 0 aliphatic rings. The molecule has 0 aliphatic carbocycles. The van der Waals surface area contributed by atoms with Gasteiger partial charge in [-0.1, -0.05) is 18.2 Å². The monoisotopic (exact) mass is 262 g/mol. The smallest absolute Gasteiger partial charge is 0.409 e. The van der Waals surface area contributed by atoms with Gasteiger partial charge in [-0.25, -0.2) is 4.79 Å². The van der Waals surface area contributed by atoms with E-state index in [4.69, 9.17) is 0 Å². The molecule has 0 atom stereocenters. The van der Waals surface area contributed by atoms with Crippen LogP contribution in [-0.2, 0) is 16.6 Å². The zero-order valence-electron chi connectivity index (χ0n) is 10.5. The van der Waals surface area contributed by atoms with Crippen molar-refractivity contribution in [1.29, 1.82) is 0 Å². The van der Waals surface area contributed by atoms with E-state index < -0.39 is 16.6 Å². The van der Waals surface area contributed by atoms with Crippen LogP contribution in [-0.4, -0.2) is 22.6 Å². The Morgan fingerprint density at radius 3 is 2.74 bits per heavy atom. The van der Waals surface area contributed by atoms with Crippen LogP contribution < -0.4 is 0 Å². The first kappa shape index (κ1) is 12.8. The first-order chi connectivity index (χ1) is 9.04. The fraction of sp³-hybridized carbons (Fsp3) is 0.154. The number of aromatic nitrogens is 1. The molecule has 1 aromatic carbocycles. The Bertz CT molecular complexity index is 685. The number of nitrogens with zero attached hydrogens (tertiary/aromatic N) is 2. The van der Waals surface area contributed by atoms with Crippen molar-refractivity contribution < 1.29 is 14.5 Å². The van der Waals surface area contributed by atoms with Gasteiger partial charge >= 0.3 is 11.7 Å². The SMILES string of the molecule is CO[13C](=O)/[13C](=C\c1cn(C)c2ccccc12)[N+](=O)[O-]. The molecule has 2 aromatic rings. The maximum atomic E-state index is 11.4. The molecule has 1 aromatic heterocycles. The molecule has 6 nitrogen and oxygen atoms in total. The maximum Gasteiger partial charge on any atom is 0.409 e. The van der Waals surface area contributed by atoms with Gasteiger partial charge in [0.1, 0.15) is 0 Å². The highest BCUT2D eigenvalue weighted by atomic mass is 16.7. The number of fused-ring (bicyclic) bond motifs is 1. The minimum Gasteiger partial charge on any atom is -0.461 e. The van der Waals surface area contributed by atoms with Crippen LogP contribution in [0.25, 0.3) is 17.0 Å². The number of nitro groups is 1. The van der Waals surface area contributed by atoms with Crippen LogP contribution in [0.15, 0.2) is 36.2 Å². The number of hydrogen-bond donors (Lipinski definition) is 0. The molecule has 0 fully saturated rings. The van der Waals surface area contributed by atoms with Crippen LogP contribution in [0.4, 0.5) is 0 Å². The van der Waals surface area contributed by atoms with Crippen molar-refractivity contribution >= 4 is 22.9 Å². The quantitative estimate of drug-likeness (QED) is 0.278. The van der Waals surface area contributed by atoms with Crippen molar-refractivity contribution in [2.45, 2.75) is 0 Å². The molecule has 0 spiro atoms. The number of benzene rings is 1. The fourth-order valence-electron chi connectivity index (χ4n) is 1.93. The first-order valence-electron chi connectivity index (χ1n) is 5.53. The van der Waals surface area contributed by atoms with E-state index in [9.17, 15) is 14.9 Å². The Balaban J connectivity index is 2.61. The highest BCUT2D eigenvalue weighted by Gasteiger charge is 2.23. The summed E-state index contributed by atoms with van der Waals surface area (Å²) in [5, 5.41) is 11.7. The van der Waals surface area contributed by atoms with Crippen LogP contribution >= 0.6 is 0 Å². The lowest BCUT2D eigenvalue weighted by atomic mass is 10.2. The molecule has 0 aliphatic heterocycles. The van der Waals surface area contributed by atoms with Crippen LogP contribution in [0.1, 0.15) is 5.56 Å². The topological polar surface area (TPSA) is 74.4 Å². The molecule has 2 rings (SSSR count). The average molecular weight is 262 g/mol. The predicted molar refractivity (Wildman–Crippen MR) is 69.9 cm³/mol. The van der Waals surface area contributed by atoms with Gasteiger partial charge in [0.25, 0.3) is 0 Å². The summed E-state index contributed by atoms with van der Waals surface area (Å²) < 4.78 is 6.25. The van der Waals surface area contributed by atoms with Crippen molar-refractivity contribution in [2.24, 2.45) is 7.05 Å². The summed E-state index contributed by atoms with van der Waals surface area (Å²) in [5.41, 5.74) is 0.954. The third kappa shape index (κ3) is 2.33. The summed E-state index contributed by atoms with van der Waals surface area (Å²) in [7, 11) is 2.95. The lowest BCUT2D eigenvalue weighted by Gasteiger charge is -1.96. The van der Waals surface area contributed by atoms with E-state index in [1.807, 2.05) is 35.9 Å². The number of methoxy groups -OCH3 is 1. The molecule has 0 amide bonds. The molecule has 0 radical (unpaired) electrons. The van der Waals surface area contributed by atoms with E-state index in [0.717, 1.165) is 18.0 Å². The zero-order valence-corrected chi connectivity index (χ0v) is 10.5. The van der Waals surface area contributed by atoms with Gasteiger partial charge in [-0.3, -0.25) is 10.1 Å². The molecule has 0 N–H and O–H groups in total. The summed E-state index contributed by atoms with van der Waals surface area (Å²) in [6.07, 6.45) is 2.96. The van der Waals surface area contributed by atoms with Crippen molar-refractivity contribution in [3.63, 3.8) is 0 Å². The lowest BCUT2D eigenvalue weighted by molar-refractivity contribution is -0.419. The molecule has 0 bridgehead atoms. The van der Waals surface area contributed by atoms with E-state index in [-0.39, 0.29) is 0 Å². The van der Waals surface area contributed by atoms with Crippen molar-refractivity contribution in [1.82, 2.24) is 4.57 Å². The van der Waals surface area contributed by atoms with Crippen LogP contribution in [0.5, 0.6) is 0 Å². The number of rotatable bonds is 3. The normalized spacial score (nSPS) is 11.6. The number of esters is 1. The maximum absolute atomic E-state index is 11.4. The Labute approximate surface area is 109 Å². The Hall–Kier alpha value is -2.63. The van der Waals surface area contributed by atoms with E-state index >= 15 is 0 Å². The second-order valence-corrected chi connectivity index (χ2v) is 3.99. The van der Waals surface area contributed by atoms with E-state index in [1.165, 1.54) is 6.08 Å². The number of aryl methyl sites for hydroxylation is 1. The van der Waals surface area contributed by atoms with Gasteiger partial charge < -0.3 is 9.30 Å². The van der Waals surface area contributed by atoms with Gasteiger partial charge in [0.15, 0.2) is 0 Å². The van der Waals surface area contributed by atoms with Crippen LogP contribution in [0.2, 0.25) is 0 Å². The minimum atomic E-state index is -0.960. The summed E-state index contributed by atoms with van der Waals surface area (Å²) >= 11 is 0. The predicted octanol–water partition coefficient (Wildman–Crippen LogP) is 1.97. The Kier molecular flexibility index (Phi) is 3.33. The minimum absolute atomic E-state index is 0.584. The average Bonchev–Trinajstić information content (AvgIpc) is 2.72. The fourth-order valence-corrected chi connectivity index (χ4v) is 1.93. The highest BCUT2D eigenvalue weighted by Crippen LogP contribution is 2.22. The van der Waals surface area contributed by atoms with E-state index in [1.54, 1.807) is 6.20 Å². The van der Waals surface area contributed by atoms with Crippen molar-refractivity contribution in [2.75, 3.05) is 7.11 Å². The van der Waals surface area contributed by atoms with E-state index in [0.29, 0.717) is 5.56 Å². The largest absolute Gasteiger partial charge is 0.461 e. The molecule has 1 heterocycles. The third-order valence-electron chi connectivity index (χ3n) is 2.81. The lowest BCUT2D eigenvalue weighted by Crippen LogP contribution is -2.12. The number of ether oxygens (including phenoxy) is 1. The molecule has 19 heavy (non-hydrogen) atoms. The second-order valence-electron chi connectivity index (χ2n) is 3.99.